The monoisotopic (exact) mass is 339 g/mol. The predicted octanol–water partition coefficient (Wildman–Crippen LogP) is -4.36. The molecule has 0 aromatic rings. The fourth-order valence-electron chi connectivity index (χ4n) is 2.81. The van der Waals surface area contributed by atoms with Gasteiger partial charge in [0, 0.05) is 0 Å². The average Bonchev–Trinajstić information content (AvgIpc) is 2.55. The summed E-state index contributed by atoms with van der Waals surface area (Å²) in [7, 11) is 0. The van der Waals surface area contributed by atoms with Gasteiger partial charge < -0.3 is 50.6 Å². The lowest BCUT2D eigenvalue weighted by atomic mass is 9.93. The standard InChI is InChI=1S/C13H25NO9/c1-4-7(14)9(18)12(6(3-16)21-4)23-13-11(20)10(19)8(17)5(2-15)22-13/h4-13,15-20H,2-3,14H2,1H3/t4-,5?,6?,7?,8-,9?,10?,11?,12+,13-/m0/s1. The van der Waals surface area contributed by atoms with Crippen LogP contribution in [-0.4, -0.2) is 105 Å². The van der Waals surface area contributed by atoms with Crippen LogP contribution in [-0.2, 0) is 14.2 Å². The van der Waals surface area contributed by atoms with Crippen LogP contribution in [0.4, 0.5) is 0 Å². The summed E-state index contributed by atoms with van der Waals surface area (Å²) in [6, 6.07) is -0.785. The number of hydrogen-bond donors (Lipinski definition) is 7. The molecule has 2 heterocycles. The first-order valence-corrected chi connectivity index (χ1v) is 7.47. The number of rotatable bonds is 4. The van der Waals surface area contributed by atoms with E-state index >= 15 is 0 Å². The third-order valence-electron chi connectivity index (χ3n) is 4.35. The number of nitrogens with two attached hydrogens (primary N) is 1. The maximum absolute atomic E-state index is 10.2. The first-order valence-electron chi connectivity index (χ1n) is 7.47. The molecule has 0 radical (unpaired) electrons. The van der Waals surface area contributed by atoms with Gasteiger partial charge in [0.25, 0.3) is 0 Å². The van der Waals surface area contributed by atoms with Gasteiger partial charge in [-0.1, -0.05) is 0 Å². The number of aliphatic hydroxyl groups is 6. The van der Waals surface area contributed by atoms with Crippen LogP contribution in [0.2, 0.25) is 0 Å². The van der Waals surface area contributed by atoms with Gasteiger partial charge in [-0.3, -0.25) is 0 Å². The van der Waals surface area contributed by atoms with Crippen molar-refractivity contribution in [2.75, 3.05) is 13.2 Å². The van der Waals surface area contributed by atoms with Crippen LogP contribution in [0.1, 0.15) is 6.92 Å². The van der Waals surface area contributed by atoms with Gasteiger partial charge in [-0.2, -0.15) is 0 Å². The van der Waals surface area contributed by atoms with Gasteiger partial charge in [-0.25, -0.2) is 0 Å². The quantitative estimate of drug-likeness (QED) is 0.265. The van der Waals surface area contributed by atoms with E-state index in [1.54, 1.807) is 6.92 Å². The van der Waals surface area contributed by atoms with E-state index in [1.165, 1.54) is 0 Å². The maximum atomic E-state index is 10.2. The Labute approximate surface area is 133 Å². The molecule has 2 rings (SSSR count). The molecule has 10 atom stereocenters. The van der Waals surface area contributed by atoms with Crippen LogP contribution < -0.4 is 5.73 Å². The summed E-state index contributed by atoms with van der Waals surface area (Å²) in [6.45, 7) is 0.575. The summed E-state index contributed by atoms with van der Waals surface area (Å²) in [4.78, 5) is 0. The van der Waals surface area contributed by atoms with Gasteiger partial charge in [-0.05, 0) is 6.92 Å². The minimum Gasteiger partial charge on any atom is -0.394 e. The second-order valence-electron chi connectivity index (χ2n) is 5.93. The summed E-state index contributed by atoms with van der Waals surface area (Å²) in [5.41, 5.74) is 5.80. The highest BCUT2D eigenvalue weighted by Gasteiger charge is 2.49. The molecule has 0 aromatic heterocycles. The van der Waals surface area contributed by atoms with E-state index in [9.17, 15) is 25.5 Å². The fourth-order valence-corrected chi connectivity index (χ4v) is 2.81. The molecule has 8 N–H and O–H groups in total. The Kier molecular flexibility index (Phi) is 6.30. The molecule has 23 heavy (non-hydrogen) atoms. The lowest BCUT2D eigenvalue weighted by Crippen LogP contribution is -2.65. The molecule has 0 aromatic carbocycles. The van der Waals surface area contributed by atoms with E-state index in [4.69, 9.17) is 25.1 Å². The van der Waals surface area contributed by atoms with Crippen molar-refractivity contribution in [3.8, 4) is 0 Å². The van der Waals surface area contributed by atoms with Gasteiger partial charge in [0.05, 0.1) is 25.4 Å². The Morgan fingerprint density at radius 2 is 1.48 bits per heavy atom. The highest BCUT2D eigenvalue weighted by atomic mass is 16.7. The number of aliphatic hydroxyl groups excluding tert-OH is 6. The third-order valence-corrected chi connectivity index (χ3v) is 4.35. The van der Waals surface area contributed by atoms with Crippen LogP contribution in [0.15, 0.2) is 0 Å². The van der Waals surface area contributed by atoms with Crippen LogP contribution in [0, 0.1) is 0 Å². The summed E-state index contributed by atoms with van der Waals surface area (Å²) < 4.78 is 16.1. The minimum absolute atomic E-state index is 0.462. The van der Waals surface area contributed by atoms with Crippen LogP contribution in [0.5, 0.6) is 0 Å². The summed E-state index contributed by atoms with van der Waals surface area (Å²) in [6.07, 6.45) is -11.1. The molecule has 0 bridgehead atoms. The van der Waals surface area contributed by atoms with Crippen LogP contribution >= 0.6 is 0 Å². The van der Waals surface area contributed by atoms with Crippen molar-refractivity contribution in [1.82, 2.24) is 0 Å². The molecule has 0 amide bonds. The van der Waals surface area contributed by atoms with Gasteiger partial charge in [-0.15, -0.1) is 0 Å². The summed E-state index contributed by atoms with van der Waals surface area (Å²) in [5.74, 6) is 0. The molecule has 2 saturated heterocycles. The van der Waals surface area contributed by atoms with E-state index in [0.29, 0.717) is 0 Å². The molecule has 6 unspecified atom stereocenters. The van der Waals surface area contributed by atoms with Crippen molar-refractivity contribution >= 4 is 0 Å². The van der Waals surface area contributed by atoms with Gasteiger partial charge in [0.15, 0.2) is 6.29 Å². The van der Waals surface area contributed by atoms with Crippen molar-refractivity contribution in [3.63, 3.8) is 0 Å². The van der Waals surface area contributed by atoms with Gasteiger partial charge in [0.1, 0.15) is 42.7 Å². The Bertz CT molecular complexity index is 382. The predicted molar refractivity (Wildman–Crippen MR) is 74.0 cm³/mol. The molecular formula is C13H25NO9. The molecule has 2 aliphatic heterocycles. The first-order chi connectivity index (χ1) is 10.8. The molecule has 2 aliphatic rings. The largest absolute Gasteiger partial charge is 0.394 e. The van der Waals surface area contributed by atoms with Crippen molar-refractivity contribution in [1.29, 1.82) is 0 Å². The van der Waals surface area contributed by atoms with Crippen molar-refractivity contribution in [3.05, 3.63) is 0 Å². The molecule has 0 aliphatic carbocycles. The van der Waals surface area contributed by atoms with E-state index in [-0.39, 0.29) is 0 Å². The van der Waals surface area contributed by atoms with E-state index in [0.717, 1.165) is 0 Å². The zero-order valence-corrected chi connectivity index (χ0v) is 12.7. The first kappa shape index (κ1) is 18.9. The van der Waals surface area contributed by atoms with E-state index in [2.05, 4.69) is 0 Å². The highest BCUT2D eigenvalue weighted by Crippen LogP contribution is 2.28. The number of ether oxygens (including phenoxy) is 3. The summed E-state index contributed by atoms with van der Waals surface area (Å²) >= 11 is 0. The fraction of sp³-hybridized carbons (Fsp3) is 1.00. The van der Waals surface area contributed by atoms with Crippen molar-refractivity contribution < 1.29 is 44.8 Å². The summed E-state index contributed by atoms with van der Waals surface area (Å²) in [5, 5.41) is 58.2. The lowest BCUT2D eigenvalue weighted by Gasteiger charge is -2.46. The Hall–Kier alpha value is -0.400. The number of hydrogen-bond acceptors (Lipinski definition) is 10. The van der Waals surface area contributed by atoms with Crippen LogP contribution in [0.3, 0.4) is 0 Å². The molecule has 136 valence electrons. The zero-order valence-electron chi connectivity index (χ0n) is 12.7. The molecule has 10 nitrogen and oxygen atoms in total. The second-order valence-corrected chi connectivity index (χ2v) is 5.93. The minimum atomic E-state index is -1.62. The zero-order chi connectivity index (χ0) is 17.3. The normalized spacial score (nSPS) is 51.7. The van der Waals surface area contributed by atoms with Gasteiger partial charge >= 0.3 is 0 Å². The van der Waals surface area contributed by atoms with Gasteiger partial charge in [0.2, 0.25) is 0 Å². The second kappa shape index (κ2) is 7.66. The molecule has 0 saturated carbocycles. The Balaban J connectivity index is 2.11. The van der Waals surface area contributed by atoms with Crippen molar-refractivity contribution in [2.45, 2.75) is 68.1 Å². The lowest BCUT2D eigenvalue weighted by molar-refractivity contribution is -0.335. The topological polar surface area (TPSA) is 175 Å². The SMILES string of the molecule is C[C@@H]1OC(CO)[C@@H](O[C@@H]2OC(CO)[C@H](O)C(O)C2O)C(O)C1N. The molecule has 10 heteroatoms. The van der Waals surface area contributed by atoms with E-state index < -0.39 is 74.4 Å². The molecule has 0 spiro atoms. The van der Waals surface area contributed by atoms with E-state index in [1.807, 2.05) is 0 Å². The average molecular weight is 339 g/mol. The maximum Gasteiger partial charge on any atom is 0.187 e. The highest BCUT2D eigenvalue weighted by molar-refractivity contribution is 4.96. The Morgan fingerprint density at radius 1 is 0.870 bits per heavy atom. The van der Waals surface area contributed by atoms with Crippen LogP contribution in [0.25, 0.3) is 0 Å². The molecule has 2 fully saturated rings. The Morgan fingerprint density at radius 3 is 2.04 bits per heavy atom. The third kappa shape index (κ3) is 3.66. The van der Waals surface area contributed by atoms with Crippen molar-refractivity contribution in [2.24, 2.45) is 5.73 Å². The molecular weight excluding hydrogens is 314 g/mol. The smallest absolute Gasteiger partial charge is 0.187 e.